The lowest BCUT2D eigenvalue weighted by molar-refractivity contribution is 0.576. The highest BCUT2D eigenvalue weighted by Gasteiger charge is 2.11. The molecule has 15 heavy (non-hydrogen) atoms. The lowest BCUT2D eigenvalue weighted by Crippen LogP contribution is -2.18. The van der Waals surface area contributed by atoms with Crippen LogP contribution in [-0.4, -0.2) is 9.78 Å². The molecule has 0 atom stereocenters. The van der Waals surface area contributed by atoms with Crippen molar-refractivity contribution in [3.63, 3.8) is 0 Å². The van der Waals surface area contributed by atoms with Gasteiger partial charge in [-0.3, -0.25) is 14.6 Å². The van der Waals surface area contributed by atoms with E-state index >= 15 is 0 Å². The summed E-state index contributed by atoms with van der Waals surface area (Å²) in [7, 11) is 0. The topological polar surface area (TPSA) is 37.8 Å². The normalized spacial score (nSPS) is 10.9. The van der Waals surface area contributed by atoms with E-state index in [4.69, 9.17) is 0 Å². The van der Waals surface area contributed by atoms with Crippen LogP contribution in [0.15, 0.2) is 4.79 Å². The molecule has 1 heterocycles. The second kappa shape index (κ2) is 5.79. The number of nitrogens with one attached hydrogen (secondary N) is 1. The molecule has 0 spiro atoms. The first-order chi connectivity index (χ1) is 7.24. The molecule has 1 aromatic heterocycles. The number of nitrogens with zero attached hydrogens (tertiary/aromatic N) is 1. The third kappa shape index (κ3) is 2.74. The molecule has 0 unspecified atom stereocenters. The summed E-state index contributed by atoms with van der Waals surface area (Å²) in [4.78, 5) is 12.0. The van der Waals surface area contributed by atoms with Crippen molar-refractivity contribution in [3.05, 3.63) is 21.6 Å². The molecule has 0 aliphatic heterocycles. The largest absolute Gasteiger partial charge is 0.299 e. The summed E-state index contributed by atoms with van der Waals surface area (Å²) in [5.41, 5.74) is 2.35. The highest BCUT2D eigenvalue weighted by molar-refractivity contribution is 5.17. The predicted molar refractivity (Wildman–Crippen MR) is 63.3 cm³/mol. The van der Waals surface area contributed by atoms with Crippen molar-refractivity contribution in [2.75, 3.05) is 0 Å². The molecule has 0 radical (unpaired) electrons. The molecule has 3 heteroatoms. The third-order valence-electron chi connectivity index (χ3n) is 2.58. The molecule has 0 saturated carbocycles. The zero-order valence-electron chi connectivity index (χ0n) is 10.1. The van der Waals surface area contributed by atoms with E-state index in [9.17, 15) is 4.79 Å². The van der Waals surface area contributed by atoms with Crippen molar-refractivity contribution in [3.8, 4) is 0 Å². The summed E-state index contributed by atoms with van der Waals surface area (Å²) in [6.07, 6.45) is 5.01. The average molecular weight is 210 g/mol. The van der Waals surface area contributed by atoms with Crippen LogP contribution in [0.1, 0.15) is 51.3 Å². The summed E-state index contributed by atoms with van der Waals surface area (Å²) in [6.45, 7) is 7.16. The lowest BCUT2D eigenvalue weighted by Gasteiger charge is -1.98. The Kier molecular flexibility index (Phi) is 4.66. The summed E-state index contributed by atoms with van der Waals surface area (Å²) in [5.74, 6) is 0. The number of aromatic amines is 1. The van der Waals surface area contributed by atoms with Gasteiger partial charge in [-0.1, -0.05) is 33.6 Å². The first-order valence-electron chi connectivity index (χ1n) is 6.05. The van der Waals surface area contributed by atoms with E-state index in [1.807, 2.05) is 0 Å². The molecule has 1 rings (SSSR count). The fourth-order valence-electron chi connectivity index (χ4n) is 1.92. The van der Waals surface area contributed by atoms with Crippen LogP contribution in [0.3, 0.4) is 0 Å². The predicted octanol–water partition coefficient (Wildman–Crippen LogP) is 2.49. The van der Waals surface area contributed by atoms with Crippen LogP contribution in [-0.2, 0) is 19.4 Å². The number of rotatable bonds is 6. The Morgan fingerprint density at radius 3 is 2.27 bits per heavy atom. The van der Waals surface area contributed by atoms with Crippen LogP contribution in [0.2, 0.25) is 0 Å². The Morgan fingerprint density at radius 2 is 1.73 bits per heavy atom. The van der Waals surface area contributed by atoms with Gasteiger partial charge in [-0.05, 0) is 19.3 Å². The molecular weight excluding hydrogens is 188 g/mol. The minimum Gasteiger partial charge on any atom is -0.299 e. The van der Waals surface area contributed by atoms with Crippen LogP contribution in [0.4, 0.5) is 0 Å². The molecule has 3 nitrogen and oxygen atoms in total. The molecule has 86 valence electrons. The quantitative estimate of drug-likeness (QED) is 0.769. The van der Waals surface area contributed by atoms with E-state index in [-0.39, 0.29) is 5.56 Å². The van der Waals surface area contributed by atoms with Gasteiger partial charge in [0.15, 0.2) is 0 Å². The molecule has 1 aromatic rings. The number of aromatic nitrogens is 2. The van der Waals surface area contributed by atoms with Crippen molar-refractivity contribution in [1.82, 2.24) is 9.78 Å². The number of aryl methyl sites for hydroxylation is 2. The highest BCUT2D eigenvalue weighted by Crippen LogP contribution is 2.07. The van der Waals surface area contributed by atoms with Gasteiger partial charge < -0.3 is 0 Å². The van der Waals surface area contributed by atoms with Crippen LogP contribution >= 0.6 is 0 Å². The van der Waals surface area contributed by atoms with Gasteiger partial charge in [0.1, 0.15) is 0 Å². The molecule has 0 aromatic carbocycles. The molecular formula is C12H22N2O. The zero-order chi connectivity index (χ0) is 11.3. The maximum Gasteiger partial charge on any atom is 0.269 e. The van der Waals surface area contributed by atoms with Gasteiger partial charge in [0.05, 0.1) is 0 Å². The van der Waals surface area contributed by atoms with Crippen molar-refractivity contribution in [2.45, 2.75) is 59.4 Å². The fraction of sp³-hybridized carbons (Fsp3) is 0.750. The molecule has 0 fully saturated rings. The lowest BCUT2D eigenvalue weighted by atomic mass is 10.1. The van der Waals surface area contributed by atoms with Crippen LogP contribution in [0.25, 0.3) is 0 Å². The summed E-state index contributed by atoms with van der Waals surface area (Å²) in [6, 6.07) is 0. The Morgan fingerprint density at radius 1 is 1.07 bits per heavy atom. The Balaban J connectivity index is 3.02. The summed E-state index contributed by atoms with van der Waals surface area (Å²) < 4.78 is 1.76. The molecule has 0 bridgehead atoms. The molecule has 0 aliphatic carbocycles. The molecule has 1 N–H and O–H groups in total. The van der Waals surface area contributed by atoms with E-state index in [2.05, 4.69) is 25.9 Å². The van der Waals surface area contributed by atoms with Crippen molar-refractivity contribution in [2.24, 2.45) is 0 Å². The van der Waals surface area contributed by atoms with Gasteiger partial charge >= 0.3 is 0 Å². The van der Waals surface area contributed by atoms with Crippen molar-refractivity contribution >= 4 is 0 Å². The first kappa shape index (κ1) is 12.1. The van der Waals surface area contributed by atoms with Gasteiger partial charge in [-0.15, -0.1) is 0 Å². The van der Waals surface area contributed by atoms with Gasteiger partial charge in [0.2, 0.25) is 0 Å². The van der Waals surface area contributed by atoms with E-state index in [1.54, 1.807) is 4.68 Å². The zero-order valence-corrected chi connectivity index (χ0v) is 10.1. The minimum absolute atomic E-state index is 0.196. The monoisotopic (exact) mass is 210 g/mol. The second-order valence-electron chi connectivity index (χ2n) is 4.03. The highest BCUT2D eigenvalue weighted by atomic mass is 16.1. The molecule has 0 aliphatic rings. The average Bonchev–Trinajstić information content (AvgIpc) is 2.49. The van der Waals surface area contributed by atoms with E-state index in [0.29, 0.717) is 0 Å². The van der Waals surface area contributed by atoms with Gasteiger partial charge in [-0.2, -0.15) is 0 Å². The smallest absolute Gasteiger partial charge is 0.269 e. The Labute approximate surface area is 91.5 Å². The maximum absolute atomic E-state index is 12.0. The summed E-state index contributed by atoms with van der Waals surface area (Å²) >= 11 is 0. The van der Waals surface area contributed by atoms with E-state index < -0.39 is 0 Å². The Hall–Kier alpha value is -0.990. The van der Waals surface area contributed by atoms with Gasteiger partial charge in [0.25, 0.3) is 5.56 Å². The van der Waals surface area contributed by atoms with Gasteiger partial charge in [-0.25, -0.2) is 0 Å². The SMILES string of the molecule is CCCc1[nH]n(CCC)c(=O)c1CCC. The number of hydrogen-bond acceptors (Lipinski definition) is 1. The maximum atomic E-state index is 12.0. The van der Waals surface area contributed by atoms with Gasteiger partial charge in [0, 0.05) is 17.8 Å². The summed E-state index contributed by atoms with van der Waals surface area (Å²) in [5, 5.41) is 3.24. The van der Waals surface area contributed by atoms with Crippen LogP contribution in [0, 0.1) is 0 Å². The standard InChI is InChI=1S/C12H22N2O/c1-4-7-10-11(8-5-2)13-14(9-6-3)12(10)15/h13H,4-9H2,1-3H3. The number of H-pyrrole nitrogens is 1. The van der Waals surface area contributed by atoms with E-state index in [1.165, 1.54) is 0 Å². The third-order valence-corrected chi connectivity index (χ3v) is 2.58. The second-order valence-corrected chi connectivity index (χ2v) is 4.03. The van der Waals surface area contributed by atoms with E-state index in [0.717, 1.165) is 49.9 Å². The molecule has 0 saturated heterocycles. The minimum atomic E-state index is 0.196. The van der Waals surface area contributed by atoms with Crippen molar-refractivity contribution in [1.29, 1.82) is 0 Å². The Bertz CT molecular complexity index is 349. The van der Waals surface area contributed by atoms with Crippen molar-refractivity contribution < 1.29 is 0 Å². The molecule has 0 amide bonds. The fourth-order valence-corrected chi connectivity index (χ4v) is 1.92. The van der Waals surface area contributed by atoms with Crippen LogP contribution < -0.4 is 5.56 Å². The first-order valence-corrected chi connectivity index (χ1v) is 6.05. The number of hydrogen-bond donors (Lipinski definition) is 1. The van der Waals surface area contributed by atoms with Crippen LogP contribution in [0.5, 0.6) is 0 Å².